The summed E-state index contributed by atoms with van der Waals surface area (Å²) in [6.45, 7) is 2.41. The van der Waals surface area contributed by atoms with Crippen LogP contribution >= 0.6 is 0 Å². The van der Waals surface area contributed by atoms with Crippen molar-refractivity contribution in [1.29, 1.82) is 0 Å². The van der Waals surface area contributed by atoms with E-state index in [0.29, 0.717) is 12.4 Å². The van der Waals surface area contributed by atoms with Gasteiger partial charge in [-0.1, -0.05) is 12.1 Å². The van der Waals surface area contributed by atoms with Crippen molar-refractivity contribution >= 4 is 10.9 Å². The van der Waals surface area contributed by atoms with Gasteiger partial charge in [-0.05, 0) is 48.4 Å². The SMILES string of the molecule is COc1cccc(COc2cc(C)cc3ccc(=O)[nH]c23)c1. The van der Waals surface area contributed by atoms with Gasteiger partial charge in [0.25, 0.3) is 0 Å². The van der Waals surface area contributed by atoms with Crippen LogP contribution in [0.1, 0.15) is 11.1 Å². The summed E-state index contributed by atoms with van der Waals surface area (Å²) in [7, 11) is 1.64. The van der Waals surface area contributed by atoms with Gasteiger partial charge in [0.15, 0.2) is 0 Å². The Hall–Kier alpha value is -2.75. The summed E-state index contributed by atoms with van der Waals surface area (Å²) < 4.78 is 11.1. The molecule has 1 aromatic heterocycles. The zero-order valence-corrected chi connectivity index (χ0v) is 12.6. The summed E-state index contributed by atoms with van der Waals surface area (Å²) in [4.78, 5) is 14.4. The third kappa shape index (κ3) is 2.96. The van der Waals surface area contributed by atoms with Crippen LogP contribution in [0.25, 0.3) is 10.9 Å². The topological polar surface area (TPSA) is 51.3 Å². The molecular formula is C18H17NO3. The van der Waals surface area contributed by atoms with E-state index in [1.54, 1.807) is 13.2 Å². The zero-order valence-electron chi connectivity index (χ0n) is 12.6. The summed E-state index contributed by atoms with van der Waals surface area (Å²) >= 11 is 0. The van der Waals surface area contributed by atoms with Crippen molar-refractivity contribution in [2.45, 2.75) is 13.5 Å². The van der Waals surface area contributed by atoms with Crippen molar-refractivity contribution in [2.75, 3.05) is 7.11 Å². The number of aryl methyl sites for hydroxylation is 1. The molecule has 0 amide bonds. The van der Waals surface area contributed by atoms with Crippen LogP contribution in [0.5, 0.6) is 11.5 Å². The second kappa shape index (κ2) is 5.93. The number of pyridine rings is 1. The van der Waals surface area contributed by atoms with Crippen LogP contribution < -0.4 is 15.0 Å². The van der Waals surface area contributed by atoms with Crippen molar-refractivity contribution < 1.29 is 9.47 Å². The lowest BCUT2D eigenvalue weighted by Gasteiger charge is -2.11. The maximum Gasteiger partial charge on any atom is 0.248 e. The third-order valence-electron chi connectivity index (χ3n) is 3.47. The van der Waals surface area contributed by atoms with Gasteiger partial charge in [-0.15, -0.1) is 0 Å². The monoisotopic (exact) mass is 295 g/mol. The van der Waals surface area contributed by atoms with E-state index in [0.717, 1.165) is 27.8 Å². The van der Waals surface area contributed by atoms with E-state index in [1.165, 1.54) is 6.07 Å². The smallest absolute Gasteiger partial charge is 0.248 e. The predicted molar refractivity (Wildman–Crippen MR) is 86.6 cm³/mol. The van der Waals surface area contributed by atoms with Gasteiger partial charge in [-0.3, -0.25) is 4.79 Å². The lowest BCUT2D eigenvalue weighted by molar-refractivity contribution is 0.308. The molecule has 4 nitrogen and oxygen atoms in total. The van der Waals surface area contributed by atoms with Gasteiger partial charge in [0.2, 0.25) is 5.56 Å². The molecule has 0 aliphatic rings. The quantitative estimate of drug-likeness (QED) is 0.802. The number of nitrogens with one attached hydrogen (secondary N) is 1. The number of aromatic nitrogens is 1. The van der Waals surface area contributed by atoms with E-state index < -0.39 is 0 Å². The van der Waals surface area contributed by atoms with Crippen LogP contribution in [0.2, 0.25) is 0 Å². The number of ether oxygens (including phenoxy) is 2. The van der Waals surface area contributed by atoms with Gasteiger partial charge in [-0.25, -0.2) is 0 Å². The van der Waals surface area contributed by atoms with Crippen LogP contribution in [0.4, 0.5) is 0 Å². The zero-order chi connectivity index (χ0) is 15.5. The van der Waals surface area contributed by atoms with E-state index in [4.69, 9.17) is 9.47 Å². The molecule has 0 unspecified atom stereocenters. The number of hydrogen-bond acceptors (Lipinski definition) is 3. The third-order valence-corrected chi connectivity index (χ3v) is 3.47. The average molecular weight is 295 g/mol. The minimum Gasteiger partial charge on any atom is -0.497 e. The fourth-order valence-corrected chi connectivity index (χ4v) is 2.41. The van der Waals surface area contributed by atoms with Crippen LogP contribution in [0.3, 0.4) is 0 Å². The van der Waals surface area contributed by atoms with Gasteiger partial charge in [0.1, 0.15) is 18.1 Å². The molecule has 0 aliphatic heterocycles. The lowest BCUT2D eigenvalue weighted by Crippen LogP contribution is -2.05. The van der Waals surface area contributed by atoms with E-state index >= 15 is 0 Å². The Kier molecular flexibility index (Phi) is 3.83. The number of rotatable bonds is 4. The maximum atomic E-state index is 11.6. The largest absolute Gasteiger partial charge is 0.497 e. The Morgan fingerprint density at radius 3 is 2.77 bits per heavy atom. The molecule has 0 radical (unpaired) electrons. The molecule has 0 aliphatic carbocycles. The molecule has 3 rings (SSSR count). The van der Waals surface area contributed by atoms with E-state index in [1.807, 2.05) is 43.3 Å². The van der Waals surface area contributed by atoms with Gasteiger partial charge in [0, 0.05) is 11.5 Å². The molecule has 0 atom stereocenters. The number of H-pyrrole nitrogens is 1. The minimum absolute atomic E-state index is 0.136. The number of fused-ring (bicyclic) bond motifs is 1. The van der Waals surface area contributed by atoms with Crippen molar-refractivity contribution in [1.82, 2.24) is 4.98 Å². The van der Waals surface area contributed by atoms with Gasteiger partial charge >= 0.3 is 0 Å². The normalized spacial score (nSPS) is 10.6. The Morgan fingerprint density at radius 1 is 1.09 bits per heavy atom. The second-order valence-electron chi connectivity index (χ2n) is 5.19. The first-order valence-electron chi connectivity index (χ1n) is 7.05. The number of hydrogen-bond donors (Lipinski definition) is 1. The highest BCUT2D eigenvalue weighted by atomic mass is 16.5. The minimum atomic E-state index is -0.136. The number of benzene rings is 2. The first-order valence-corrected chi connectivity index (χ1v) is 7.05. The Labute approximate surface area is 128 Å². The molecule has 1 N–H and O–H groups in total. The molecule has 2 aromatic carbocycles. The van der Waals surface area contributed by atoms with Crippen molar-refractivity contribution in [2.24, 2.45) is 0 Å². The van der Waals surface area contributed by atoms with Crippen LogP contribution in [-0.4, -0.2) is 12.1 Å². The first kappa shape index (κ1) is 14.2. The Balaban J connectivity index is 1.92. The van der Waals surface area contributed by atoms with Crippen LogP contribution in [-0.2, 0) is 6.61 Å². The van der Waals surface area contributed by atoms with Crippen molar-refractivity contribution in [3.8, 4) is 11.5 Å². The molecule has 0 spiro atoms. The highest BCUT2D eigenvalue weighted by molar-refractivity contribution is 5.85. The second-order valence-corrected chi connectivity index (χ2v) is 5.19. The van der Waals surface area contributed by atoms with Crippen LogP contribution in [0.15, 0.2) is 53.3 Å². The molecule has 0 fully saturated rings. The lowest BCUT2D eigenvalue weighted by atomic mass is 10.1. The number of methoxy groups -OCH3 is 1. The molecule has 3 aromatic rings. The summed E-state index contributed by atoms with van der Waals surface area (Å²) in [5.41, 5.74) is 2.68. The molecule has 1 heterocycles. The molecular weight excluding hydrogens is 278 g/mol. The van der Waals surface area contributed by atoms with E-state index in [9.17, 15) is 4.79 Å². The Morgan fingerprint density at radius 2 is 1.95 bits per heavy atom. The summed E-state index contributed by atoms with van der Waals surface area (Å²) in [5.74, 6) is 1.47. The standard InChI is InChI=1S/C18H17NO3/c1-12-8-14-6-7-17(20)19-18(14)16(9-12)22-11-13-4-3-5-15(10-13)21-2/h3-10H,11H2,1-2H3,(H,19,20). The first-order chi connectivity index (χ1) is 10.7. The number of aromatic amines is 1. The molecule has 0 saturated heterocycles. The van der Waals surface area contributed by atoms with Gasteiger partial charge < -0.3 is 14.5 Å². The van der Waals surface area contributed by atoms with E-state index in [2.05, 4.69) is 4.98 Å². The molecule has 4 heteroatoms. The highest BCUT2D eigenvalue weighted by Crippen LogP contribution is 2.26. The highest BCUT2D eigenvalue weighted by Gasteiger charge is 2.06. The summed E-state index contributed by atoms with van der Waals surface area (Å²) in [6.07, 6.45) is 0. The molecule has 0 saturated carbocycles. The van der Waals surface area contributed by atoms with Gasteiger partial charge in [0.05, 0.1) is 12.6 Å². The summed E-state index contributed by atoms with van der Waals surface area (Å²) in [5, 5.41) is 0.959. The summed E-state index contributed by atoms with van der Waals surface area (Å²) in [6, 6.07) is 15.0. The molecule has 22 heavy (non-hydrogen) atoms. The van der Waals surface area contributed by atoms with Crippen LogP contribution in [0, 0.1) is 6.92 Å². The maximum absolute atomic E-state index is 11.6. The predicted octanol–water partition coefficient (Wildman–Crippen LogP) is 3.42. The molecule has 0 bridgehead atoms. The van der Waals surface area contributed by atoms with E-state index in [-0.39, 0.29) is 5.56 Å². The van der Waals surface area contributed by atoms with Gasteiger partial charge in [-0.2, -0.15) is 0 Å². The fraction of sp³-hybridized carbons (Fsp3) is 0.167. The van der Waals surface area contributed by atoms with Crippen molar-refractivity contribution in [3.63, 3.8) is 0 Å². The average Bonchev–Trinajstić information content (AvgIpc) is 2.53. The fourth-order valence-electron chi connectivity index (χ4n) is 2.41. The Bertz CT molecular complexity index is 868. The molecule has 112 valence electrons. The van der Waals surface area contributed by atoms with Crippen molar-refractivity contribution in [3.05, 3.63) is 70.0 Å².